The monoisotopic (exact) mass is 337 g/mol. The second-order valence-corrected chi connectivity index (χ2v) is 6.48. The summed E-state index contributed by atoms with van der Waals surface area (Å²) in [5.74, 6) is 0.191. The minimum absolute atomic E-state index is 0.245. The molecule has 24 heavy (non-hydrogen) atoms. The van der Waals surface area contributed by atoms with Crippen LogP contribution in [-0.4, -0.2) is 14.6 Å². The van der Waals surface area contributed by atoms with Crippen LogP contribution in [0.5, 0.6) is 0 Å². The Morgan fingerprint density at radius 3 is 2.75 bits per heavy atom. The number of halogens is 1. The van der Waals surface area contributed by atoms with Gasteiger partial charge in [-0.25, -0.2) is 4.39 Å². The van der Waals surface area contributed by atoms with Gasteiger partial charge in [-0.3, -0.25) is 4.79 Å². The van der Waals surface area contributed by atoms with Crippen LogP contribution in [0.3, 0.4) is 0 Å². The van der Waals surface area contributed by atoms with E-state index in [1.54, 1.807) is 18.2 Å². The highest BCUT2D eigenvalue weighted by atomic mass is 32.1. The van der Waals surface area contributed by atoms with Gasteiger partial charge < -0.3 is 0 Å². The SMILES string of the molecule is Cc1cccc(-c2nc3s/c(=C/c4cccc(F)c4)c(=O)n3n2)c1. The summed E-state index contributed by atoms with van der Waals surface area (Å²) in [6.45, 7) is 1.99. The summed E-state index contributed by atoms with van der Waals surface area (Å²) in [6.07, 6.45) is 1.65. The van der Waals surface area contributed by atoms with Crippen molar-refractivity contribution >= 4 is 22.4 Å². The van der Waals surface area contributed by atoms with E-state index >= 15 is 0 Å². The molecule has 0 N–H and O–H groups in total. The first-order valence-electron chi connectivity index (χ1n) is 7.34. The van der Waals surface area contributed by atoms with Crippen LogP contribution in [-0.2, 0) is 0 Å². The van der Waals surface area contributed by atoms with Gasteiger partial charge in [0.2, 0.25) is 4.96 Å². The van der Waals surface area contributed by atoms with Crippen LogP contribution in [0.15, 0.2) is 53.3 Å². The van der Waals surface area contributed by atoms with Crippen LogP contribution in [0, 0.1) is 12.7 Å². The lowest BCUT2D eigenvalue weighted by Gasteiger charge is -1.95. The molecule has 0 aliphatic carbocycles. The molecule has 0 atom stereocenters. The molecule has 0 unspecified atom stereocenters. The molecule has 4 rings (SSSR count). The van der Waals surface area contributed by atoms with Gasteiger partial charge >= 0.3 is 0 Å². The van der Waals surface area contributed by atoms with Gasteiger partial charge in [0, 0.05) is 5.56 Å². The number of benzene rings is 2. The summed E-state index contributed by atoms with van der Waals surface area (Å²) in [7, 11) is 0. The summed E-state index contributed by atoms with van der Waals surface area (Å²) >= 11 is 1.24. The van der Waals surface area contributed by atoms with Crippen molar-refractivity contribution in [1.29, 1.82) is 0 Å². The fourth-order valence-corrected chi connectivity index (χ4v) is 3.40. The molecule has 0 bridgehead atoms. The van der Waals surface area contributed by atoms with Crippen molar-refractivity contribution in [3.63, 3.8) is 0 Å². The molecule has 2 heterocycles. The highest BCUT2D eigenvalue weighted by molar-refractivity contribution is 7.15. The molecule has 4 nitrogen and oxygen atoms in total. The smallest absolute Gasteiger partial charge is 0.266 e. The number of thiazole rings is 1. The van der Waals surface area contributed by atoms with E-state index in [1.165, 1.54) is 28.0 Å². The topological polar surface area (TPSA) is 47.3 Å². The third-order valence-corrected chi connectivity index (χ3v) is 4.56. The van der Waals surface area contributed by atoms with Crippen LogP contribution in [0.25, 0.3) is 22.4 Å². The fourth-order valence-electron chi connectivity index (χ4n) is 2.49. The molecule has 4 aromatic rings. The van der Waals surface area contributed by atoms with Gasteiger partial charge in [0.05, 0.1) is 4.53 Å². The number of fused-ring (bicyclic) bond motifs is 1. The normalized spacial score (nSPS) is 12.2. The Bertz CT molecular complexity index is 1160. The highest BCUT2D eigenvalue weighted by Gasteiger charge is 2.12. The summed E-state index contributed by atoms with van der Waals surface area (Å²) in [6, 6.07) is 13.9. The van der Waals surface area contributed by atoms with E-state index in [0.29, 0.717) is 20.9 Å². The summed E-state index contributed by atoms with van der Waals surface area (Å²) < 4.78 is 15.0. The molecule has 0 aliphatic heterocycles. The Morgan fingerprint density at radius 1 is 1.17 bits per heavy atom. The summed E-state index contributed by atoms with van der Waals surface area (Å²) in [5, 5.41) is 4.31. The maximum absolute atomic E-state index is 13.3. The molecule has 0 aliphatic rings. The fraction of sp³-hybridized carbons (Fsp3) is 0.0556. The molecular weight excluding hydrogens is 325 g/mol. The maximum atomic E-state index is 13.3. The first kappa shape index (κ1) is 14.7. The largest absolute Gasteiger partial charge is 0.291 e. The molecular formula is C18H12FN3OS. The van der Waals surface area contributed by atoms with Gasteiger partial charge in [-0.2, -0.15) is 9.50 Å². The van der Waals surface area contributed by atoms with Gasteiger partial charge in [-0.1, -0.05) is 47.2 Å². The molecule has 2 aromatic heterocycles. The van der Waals surface area contributed by atoms with Crippen LogP contribution in [0.4, 0.5) is 4.39 Å². The Kier molecular flexibility index (Phi) is 3.46. The zero-order chi connectivity index (χ0) is 16.7. The molecule has 0 spiro atoms. The van der Waals surface area contributed by atoms with Gasteiger partial charge in [-0.15, -0.1) is 5.10 Å². The van der Waals surface area contributed by atoms with Gasteiger partial charge in [0.15, 0.2) is 5.82 Å². The van der Waals surface area contributed by atoms with Crippen LogP contribution >= 0.6 is 11.3 Å². The zero-order valence-corrected chi connectivity index (χ0v) is 13.5. The van der Waals surface area contributed by atoms with Crippen molar-refractivity contribution in [2.45, 2.75) is 6.92 Å². The minimum Gasteiger partial charge on any atom is -0.266 e. The van der Waals surface area contributed by atoms with E-state index in [-0.39, 0.29) is 11.4 Å². The molecule has 118 valence electrons. The zero-order valence-electron chi connectivity index (χ0n) is 12.7. The van der Waals surface area contributed by atoms with E-state index in [2.05, 4.69) is 10.1 Å². The molecule has 2 aromatic carbocycles. The Morgan fingerprint density at radius 2 is 2.00 bits per heavy atom. The molecule has 6 heteroatoms. The van der Waals surface area contributed by atoms with Gasteiger partial charge in [0.25, 0.3) is 5.56 Å². The Balaban J connectivity index is 1.83. The van der Waals surface area contributed by atoms with E-state index in [9.17, 15) is 9.18 Å². The van der Waals surface area contributed by atoms with Crippen LogP contribution < -0.4 is 10.1 Å². The van der Waals surface area contributed by atoms with E-state index in [1.807, 2.05) is 31.2 Å². The molecule has 0 fully saturated rings. The molecule has 0 radical (unpaired) electrons. The Labute approximate surface area is 140 Å². The lowest BCUT2D eigenvalue weighted by molar-refractivity contribution is 0.627. The van der Waals surface area contributed by atoms with Gasteiger partial charge in [-0.05, 0) is 36.8 Å². The quantitative estimate of drug-likeness (QED) is 0.565. The number of nitrogens with zero attached hydrogens (tertiary/aromatic N) is 3. The number of rotatable bonds is 2. The number of aryl methyl sites for hydroxylation is 1. The first-order chi connectivity index (χ1) is 11.6. The number of aromatic nitrogens is 3. The van der Waals surface area contributed by atoms with Gasteiger partial charge in [0.1, 0.15) is 5.82 Å². The number of hydrogen-bond donors (Lipinski definition) is 0. The van der Waals surface area contributed by atoms with Crippen molar-refractivity contribution in [3.05, 3.63) is 80.4 Å². The second-order valence-electron chi connectivity index (χ2n) is 5.47. The third kappa shape index (κ3) is 2.61. The summed E-state index contributed by atoms with van der Waals surface area (Å²) in [5.41, 5.74) is 2.37. The number of hydrogen-bond acceptors (Lipinski definition) is 4. The van der Waals surface area contributed by atoms with Crippen molar-refractivity contribution in [3.8, 4) is 11.4 Å². The third-order valence-electron chi connectivity index (χ3n) is 3.60. The standard InChI is InChI=1S/C18H12FN3OS/c1-11-4-2-6-13(8-11)16-20-18-22(21-16)17(23)15(24-18)10-12-5-3-7-14(19)9-12/h2-10H,1H3/b15-10+. The molecule has 0 saturated carbocycles. The lowest BCUT2D eigenvalue weighted by Crippen LogP contribution is -2.23. The average Bonchev–Trinajstić information content (AvgIpc) is 3.08. The second kappa shape index (κ2) is 5.65. The van der Waals surface area contributed by atoms with Crippen LogP contribution in [0.1, 0.15) is 11.1 Å². The van der Waals surface area contributed by atoms with Crippen molar-refractivity contribution < 1.29 is 4.39 Å². The minimum atomic E-state index is -0.336. The maximum Gasteiger partial charge on any atom is 0.291 e. The highest BCUT2D eigenvalue weighted by Crippen LogP contribution is 2.17. The van der Waals surface area contributed by atoms with E-state index in [4.69, 9.17) is 0 Å². The van der Waals surface area contributed by atoms with Crippen LogP contribution in [0.2, 0.25) is 0 Å². The van der Waals surface area contributed by atoms with Crippen molar-refractivity contribution in [2.24, 2.45) is 0 Å². The van der Waals surface area contributed by atoms with E-state index < -0.39 is 0 Å². The van der Waals surface area contributed by atoms with Crippen molar-refractivity contribution in [1.82, 2.24) is 14.6 Å². The van der Waals surface area contributed by atoms with Crippen molar-refractivity contribution in [2.75, 3.05) is 0 Å². The predicted octanol–water partition coefficient (Wildman–Crippen LogP) is 2.81. The lowest BCUT2D eigenvalue weighted by atomic mass is 10.1. The predicted molar refractivity (Wildman–Crippen MR) is 92.5 cm³/mol. The Hall–Kier alpha value is -2.86. The molecule has 0 amide bonds. The average molecular weight is 337 g/mol. The summed E-state index contributed by atoms with van der Waals surface area (Å²) in [4.78, 5) is 17.4. The molecule has 0 saturated heterocycles. The van der Waals surface area contributed by atoms with E-state index in [0.717, 1.165) is 11.1 Å². The first-order valence-corrected chi connectivity index (χ1v) is 8.16.